The SMILES string of the molecule is O=C(CC1(O)C(=O)Nc2ccc(Br)cc21)c1cccc(-n2cccc2)c1. The van der Waals surface area contributed by atoms with Crippen LogP contribution in [0.5, 0.6) is 0 Å². The Morgan fingerprint density at radius 3 is 2.65 bits per heavy atom. The Kier molecular flexibility index (Phi) is 4.01. The molecule has 1 unspecified atom stereocenters. The molecule has 0 bridgehead atoms. The minimum Gasteiger partial charge on any atom is -0.375 e. The fraction of sp³-hybridized carbons (Fsp3) is 0.100. The van der Waals surface area contributed by atoms with Crippen LogP contribution in [0.3, 0.4) is 0 Å². The van der Waals surface area contributed by atoms with E-state index in [-0.39, 0.29) is 12.2 Å². The first-order valence-corrected chi connectivity index (χ1v) is 8.87. The van der Waals surface area contributed by atoms with Gasteiger partial charge in [-0.25, -0.2) is 0 Å². The lowest BCUT2D eigenvalue weighted by atomic mass is 9.88. The van der Waals surface area contributed by atoms with Crippen LogP contribution in [0, 0.1) is 0 Å². The smallest absolute Gasteiger partial charge is 0.261 e. The maximum Gasteiger partial charge on any atom is 0.261 e. The molecule has 3 aromatic rings. The summed E-state index contributed by atoms with van der Waals surface area (Å²) >= 11 is 3.34. The molecule has 0 saturated carbocycles. The predicted octanol–water partition coefficient (Wildman–Crippen LogP) is 3.65. The molecular weight excluding hydrogens is 396 g/mol. The van der Waals surface area contributed by atoms with Crippen molar-refractivity contribution in [3.05, 3.63) is 82.6 Å². The number of carbonyl (C=O) groups excluding carboxylic acids is 2. The Morgan fingerprint density at radius 2 is 1.88 bits per heavy atom. The van der Waals surface area contributed by atoms with Crippen LogP contribution in [0.15, 0.2) is 71.5 Å². The predicted molar refractivity (Wildman–Crippen MR) is 101 cm³/mol. The number of Topliss-reactive ketones (excluding diaryl/α,β-unsaturated/α-hetero) is 1. The number of hydrogen-bond acceptors (Lipinski definition) is 3. The first kappa shape index (κ1) is 16.8. The third-order valence-corrected chi connectivity index (χ3v) is 5.03. The second-order valence-corrected chi connectivity index (χ2v) is 7.16. The lowest BCUT2D eigenvalue weighted by molar-refractivity contribution is -0.133. The summed E-state index contributed by atoms with van der Waals surface area (Å²) in [6.07, 6.45) is 3.45. The van der Waals surface area contributed by atoms with Gasteiger partial charge in [0, 0.05) is 39.4 Å². The second-order valence-electron chi connectivity index (χ2n) is 6.24. The molecule has 1 atom stereocenters. The molecule has 1 aliphatic heterocycles. The molecule has 0 fully saturated rings. The zero-order chi connectivity index (χ0) is 18.3. The highest BCUT2D eigenvalue weighted by molar-refractivity contribution is 9.10. The first-order chi connectivity index (χ1) is 12.5. The van der Waals surface area contributed by atoms with E-state index in [2.05, 4.69) is 21.2 Å². The molecule has 1 aromatic heterocycles. The molecule has 26 heavy (non-hydrogen) atoms. The number of amides is 1. The summed E-state index contributed by atoms with van der Waals surface area (Å²) in [6.45, 7) is 0. The molecule has 130 valence electrons. The molecule has 6 heteroatoms. The largest absolute Gasteiger partial charge is 0.375 e. The van der Waals surface area contributed by atoms with Crippen molar-refractivity contribution in [2.24, 2.45) is 0 Å². The van der Waals surface area contributed by atoms with E-state index in [1.165, 1.54) is 0 Å². The molecule has 2 N–H and O–H groups in total. The van der Waals surface area contributed by atoms with Crippen molar-refractivity contribution in [3.63, 3.8) is 0 Å². The number of halogens is 1. The van der Waals surface area contributed by atoms with Crippen LogP contribution in [0.25, 0.3) is 5.69 Å². The van der Waals surface area contributed by atoms with Gasteiger partial charge in [-0.2, -0.15) is 0 Å². The van der Waals surface area contributed by atoms with Gasteiger partial charge < -0.3 is 15.0 Å². The quantitative estimate of drug-likeness (QED) is 0.644. The lowest BCUT2D eigenvalue weighted by Gasteiger charge is -2.20. The molecule has 2 aromatic carbocycles. The number of ketones is 1. The summed E-state index contributed by atoms with van der Waals surface area (Å²) in [5.74, 6) is -0.884. The van der Waals surface area contributed by atoms with E-state index in [9.17, 15) is 14.7 Å². The average molecular weight is 411 g/mol. The van der Waals surface area contributed by atoms with Gasteiger partial charge in [-0.05, 0) is 42.5 Å². The van der Waals surface area contributed by atoms with Crippen molar-refractivity contribution in [2.45, 2.75) is 12.0 Å². The maximum absolute atomic E-state index is 12.8. The number of benzene rings is 2. The van der Waals surface area contributed by atoms with Crippen molar-refractivity contribution in [1.82, 2.24) is 4.57 Å². The molecule has 0 saturated heterocycles. The van der Waals surface area contributed by atoms with Gasteiger partial charge in [-0.3, -0.25) is 9.59 Å². The van der Waals surface area contributed by atoms with E-state index < -0.39 is 11.5 Å². The Morgan fingerprint density at radius 1 is 1.12 bits per heavy atom. The highest BCUT2D eigenvalue weighted by Crippen LogP contribution is 2.40. The number of anilines is 1. The number of carbonyl (C=O) groups is 2. The van der Waals surface area contributed by atoms with Crippen LogP contribution in [0.2, 0.25) is 0 Å². The zero-order valence-electron chi connectivity index (χ0n) is 13.6. The van der Waals surface area contributed by atoms with Crippen molar-refractivity contribution >= 4 is 33.3 Å². The summed E-state index contributed by atoms with van der Waals surface area (Å²) in [6, 6.07) is 16.0. The molecule has 5 nitrogen and oxygen atoms in total. The first-order valence-electron chi connectivity index (χ1n) is 8.08. The number of nitrogens with zero attached hydrogens (tertiary/aromatic N) is 1. The number of hydrogen-bond donors (Lipinski definition) is 2. The molecule has 0 radical (unpaired) electrons. The van der Waals surface area contributed by atoms with Crippen molar-refractivity contribution in [2.75, 3.05) is 5.32 Å². The topological polar surface area (TPSA) is 71.3 Å². The van der Waals surface area contributed by atoms with Gasteiger partial charge in [-0.15, -0.1) is 0 Å². The van der Waals surface area contributed by atoms with Crippen LogP contribution >= 0.6 is 15.9 Å². The summed E-state index contributed by atoms with van der Waals surface area (Å²) in [5, 5.41) is 13.6. The Labute approximate surface area is 158 Å². The zero-order valence-corrected chi connectivity index (χ0v) is 15.2. The van der Waals surface area contributed by atoms with E-state index >= 15 is 0 Å². The Balaban J connectivity index is 1.66. The summed E-state index contributed by atoms with van der Waals surface area (Å²) < 4.78 is 2.62. The lowest BCUT2D eigenvalue weighted by Crippen LogP contribution is -2.36. The van der Waals surface area contributed by atoms with Gasteiger partial charge in [0.15, 0.2) is 11.4 Å². The van der Waals surface area contributed by atoms with Crippen LogP contribution in [-0.4, -0.2) is 21.4 Å². The Bertz CT molecular complexity index is 1010. The van der Waals surface area contributed by atoms with Gasteiger partial charge in [-0.1, -0.05) is 28.1 Å². The average Bonchev–Trinajstić information content (AvgIpc) is 3.24. The minimum atomic E-state index is -1.88. The minimum absolute atomic E-state index is 0.301. The van der Waals surface area contributed by atoms with E-state index in [1.807, 2.05) is 35.2 Å². The molecule has 2 heterocycles. The monoisotopic (exact) mass is 410 g/mol. The summed E-state index contributed by atoms with van der Waals surface area (Å²) in [4.78, 5) is 25.2. The van der Waals surface area contributed by atoms with Gasteiger partial charge in [0.05, 0.1) is 6.42 Å². The molecular formula is C20H15BrN2O3. The fourth-order valence-electron chi connectivity index (χ4n) is 3.17. The van der Waals surface area contributed by atoms with E-state index in [0.29, 0.717) is 16.8 Å². The maximum atomic E-state index is 12.8. The summed E-state index contributed by atoms with van der Waals surface area (Å²) in [7, 11) is 0. The molecule has 4 rings (SSSR count). The standard InChI is InChI=1S/C20H15BrN2O3/c21-14-6-7-17-16(11-14)20(26,19(25)22-17)12-18(24)13-4-3-5-15(10-13)23-8-1-2-9-23/h1-11,26H,12H2,(H,22,25). The third-order valence-electron chi connectivity index (χ3n) is 4.54. The molecule has 0 aliphatic carbocycles. The van der Waals surface area contributed by atoms with E-state index in [4.69, 9.17) is 0 Å². The number of aromatic nitrogens is 1. The van der Waals surface area contributed by atoms with Gasteiger partial charge in [0.1, 0.15) is 0 Å². The highest BCUT2D eigenvalue weighted by Gasteiger charge is 2.46. The van der Waals surface area contributed by atoms with Crippen molar-refractivity contribution in [3.8, 4) is 5.69 Å². The number of aliphatic hydroxyl groups is 1. The van der Waals surface area contributed by atoms with Crippen LogP contribution < -0.4 is 5.32 Å². The number of fused-ring (bicyclic) bond motifs is 1. The fourth-order valence-corrected chi connectivity index (χ4v) is 3.53. The molecule has 1 amide bonds. The second kappa shape index (κ2) is 6.23. The van der Waals surface area contributed by atoms with Crippen molar-refractivity contribution < 1.29 is 14.7 Å². The number of nitrogens with one attached hydrogen (secondary N) is 1. The van der Waals surface area contributed by atoms with Gasteiger partial charge in [0.2, 0.25) is 0 Å². The Hall–Kier alpha value is -2.70. The van der Waals surface area contributed by atoms with Crippen LogP contribution in [-0.2, 0) is 10.4 Å². The van der Waals surface area contributed by atoms with Crippen molar-refractivity contribution in [1.29, 1.82) is 0 Å². The molecule has 1 aliphatic rings. The highest BCUT2D eigenvalue weighted by atomic mass is 79.9. The van der Waals surface area contributed by atoms with Gasteiger partial charge in [0.25, 0.3) is 5.91 Å². The van der Waals surface area contributed by atoms with Crippen LogP contribution in [0.4, 0.5) is 5.69 Å². The normalized spacial score (nSPS) is 18.5. The van der Waals surface area contributed by atoms with Crippen LogP contribution in [0.1, 0.15) is 22.3 Å². The third kappa shape index (κ3) is 2.77. The molecule has 0 spiro atoms. The van der Waals surface area contributed by atoms with E-state index in [0.717, 1.165) is 10.2 Å². The van der Waals surface area contributed by atoms with E-state index in [1.54, 1.807) is 36.4 Å². The number of rotatable bonds is 4. The van der Waals surface area contributed by atoms with Gasteiger partial charge >= 0.3 is 0 Å². The summed E-state index contributed by atoms with van der Waals surface area (Å²) in [5.41, 5.74) is 0.341.